The van der Waals surface area contributed by atoms with Crippen LogP contribution in [0.2, 0.25) is 0 Å². The van der Waals surface area contributed by atoms with E-state index in [-0.39, 0.29) is 16.8 Å². The van der Waals surface area contributed by atoms with Crippen molar-refractivity contribution in [3.05, 3.63) is 70.6 Å². The van der Waals surface area contributed by atoms with Crippen molar-refractivity contribution in [1.29, 1.82) is 0 Å². The van der Waals surface area contributed by atoms with Crippen molar-refractivity contribution in [2.24, 2.45) is 0 Å². The van der Waals surface area contributed by atoms with Gasteiger partial charge in [-0.3, -0.25) is 4.79 Å². The summed E-state index contributed by atoms with van der Waals surface area (Å²) in [7, 11) is 0. The van der Waals surface area contributed by atoms with Gasteiger partial charge in [-0.05, 0) is 43.9 Å². The summed E-state index contributed by atoms with van der Waals surface area (Å²) in [5, 5.41) is 6.34. The van der Waals surface area contributed by atoms with Gasteiger partial charge >= 0.3 is 6.18 Å². The molecule has 2 aromatic heterocycles. The van der Waals surface area contributed by atoms with Gasteiger partial charge < -0.3 is 9.73 Å². The number of alkyl halides is 3. The molecule has 0 aliphatic heterocycles. The molecule has 0 radical (unpaired) electrons. The van der Waals surface area contributed by atoms with Crippen molar-refractivity contribution in [3.63, 3.8) is 0 Å². The van der Waals surface area contributed by atoms with Crippen molar-refractivity contribution in [3.8, 4) is 5.69 Å². The second-order valence-electron chi connectivity index (χ2n) is 7.93. The van der Waals surface area contributed by atoms with Crippen molar-refractivity contribution in [2.45, 2.75) is 38.8 Å². The Bertz CT molecular complexity index is 1390. The Balaban J connectivity index is 1.48. The molecule has 0 spiro atoms. The van der Waals surface area contributed by atoms with E-state index in [9.17, 15) is 22.4 Å². The number of oxazole rings is 1. The van der Waals surface area contributed by atoms with Gasteiger partial charge in [-0.1, -0.05) is 6.07 Å². The number of nitrogens with one attached hydrogen (secondary N) is 1. The van der Waals surface area contributed by atoms with Crippen LogP contribution in [0.5, 0.6) is 0 Å². The molecule has 1 aliphatic rings. The van der Waals surface area contributed by atoms with E-state index >= 15 is 0 Å². The van der Waals surface area contributed by atoms with Crippen molar-refractivity contribution < 1.29 is 26.8 Å². The average molecular weight is 458 g/mol. The number of halogens is 4. The minimum absolute atomic E-state index is 0.0927. The Morgan fingerprint density at radius 1 is 1.15 bits per heavy atom. The molecule has 2 aromatic carbocycles. The van der Waals surface area contributed by atoms with Gasteiger partial charge in [0.1, 0.15) is 11.3 Å². The minimum Gasteiger partial charge on any atom is -0.441 e. The van der Waals surface area contributed by atoms with E-state index in [4.69, 9.17) is 4.42 Å². The molecule has 2 heterocycles. The van der Waals surface area contributed by atoms with Crippen LogP contribution >= 0.6 is 0 Å². The van der Waals surface area contributed by atoms with Gasteiger partial charge in [0.15, 0.2) is 17.2 Å². The number of hydrogen-bond acceptors (Lipinski definition) is 4. The lowest BCUT2D eigenvalue weighted by Gasteiger charge is -2.15. The molecule has 0 saturated carbocycles. The third-order valence-electron chi connectivity index (χ3n) is 5.63. The first kappa shape index (κ1) is 21.2. The molecule has 6 nitrogen and oxygen atoms in total. The monoisotopic (exact) mass is 458 g/mol. The maximum atomic E-state index is 14.4. The fourth-order valence-electron chi connectivity index (χ4n) is 4.17. The van der Waals surface area contributed by atoms with Crippen molar-refractivity contribution in [1.82, 2.24) is 14.8 Å². The number of carbonyl (C=O) groups is 1. The maximum absolute atomic E-state index is 14.4. The zero-order chi connectivity index (χ0) is 23.3. The Kier molecular flexibility index (Phi) is 4.95. The summed E-state index contributed by atoms with van der Waals surface area (Å²) < 4.78 is 61.6. The maximum Gasteiger partial charge on any atom is 0.435 e. The second kappa shape index (κ2) is 7.72. The predicted molar refractivity (Wildman–Crippen MR) is 112 cm³/mol. The number of hydrogen-bond donors (Lipinski definition) is 1. The van der Waals surface area contributed by atoms with E-state index in [0.29, 0.717) is 47.6 Å². The number of carbonyl (C=O) groups excluding carboxylic acids is 1. The lowest BCUT2D eigenvalue weighted by molar-refractivity contribution is -0.142. The van der Waals surface area contributed by atoms with Crippen LogP contribution < -0.4 is 5.32 Å². The van der Waals surface area contributed by atoms with Gasteiger partial charge in [0.25, 0.3) is 5.91 Å². The van der Waals surface area contributed by atoms with Gasteiger partial charge in [-0.15, -0.1) is 0 Å². The number of amides is 1. The number of fused-ring (bicyclic) bond motifs is 2. The van der Waals surface area contributed by atoms with E-state index in [1.54, 1.807) is 19.1 Å². The molecular weight excluding hydrogens is 440 g/mol. The van der Waals surface area contributed by atoms with Crippen LogP contribution in [0, 0.1) is 12.7 Å². The van der Waals surface area contributed by atoms with Gasteiger partial charge in [-0.2, -0.15) is 18.3 Å². The van der Waals surface area contributed by atoms with E-state index in [1.165, 1.54) is 22.9 Å². The molecule has 170 valence electrons. The molecule has 10 heteroatoms. The van der Waals surface area contributed by atoms with E-state index in [0.717, 1.165) is 12.5 Å². The van der Waals surface area contributed by atoms with Crippen LogP contribution in [0.3, 0.4) is 0 Å². The molecule has 5 rings (SSSR count). The van der Waals surface area contributed by atoms with Crippen LogP contribution in [0.25, 0.3) is 16.8 Å². The minimum atomic E-state index is -4.56. The Labute approximate surface area is 185 Å². The van der Waals surface area contributed by atoms with Gasteiger partial charge in [0, 0.05) is 35.9 Å². The third kappa shape index (κ3) is 3.85. The van der Waals surface area contributed by atoms with Crippen LogP contribution in [-0.4, -0.2) is 20.7 Å². The quantitative estimate of drug-likeness (QED) is 0.405. The van der Waals surface area contributed by atoms with Gasteiger partial charge in [0.2, 0.25) is 0 Å². The standard InChI is InChI=1S/C23H18F4N4O2/c1-12-28-18-10-16(24)17(11-20(18)33-12)29-22(32)13-5-4-6-14(9-13)31-19-8-3-2-7-15(19)21(30-31)23(25,26)27/h4-6,9-11H,2-3,7-8H2,1H3,(H,29,32). The number of nitrogens with zero attached hydrogens (tertiary/aromatic N) is 3. The Hall–Kier alpha value is -3.69. The summed E-state index contributed by atoms with van der Waals surface area (Å²) in [6.45, 7) is 1.62. The number of anilines is 1. The van der Waals surface area contributed by atoms with Gasteiger partial charge in [-0.25, -0.2) is 14.1 Å². The first-order chi connectivity index (χ1) is 15.7. The third-order valence-corrected chi connectivity index (χ3v) is 5.63. The van der Waals surface area contributed by atoms with E-state index in [2.05, 4.69) is 15.4 Å². The molecule has 0 unspecified atom stereocenters. The Morgan fingerprint density at radius 2 is 1.94 bits per heavy atom. The van der Waals surface area contributed by atoms with Crippen LogP contribution in [-0.2, 0) is 19.0 Å². The van der Waals surface area contributed by atoms with Crippen molar-refractivity contribution >= 4 is 22.7 Å². The Morgan fingerprint density at radius 3 is 2.73 bits per heavy atom. The van der Waals surface area contributed by atoms with Crippen LogP contribution in [0.4, 0.5) is 23.2 Å². The number of aryl methyl sites for hydroxylation is 1. The lowest BCUT2D eigenvalue weighted by Crippen LogP contribution is -2.14. The number of rotatable bonds is 3. The molecule has 33 heavy (non-hydrogen) atoms. The summed E-state index contributed by atoms with van der Waals surface area (Å²) in [5.74, 6) is -0.943. The van der Waals surface area contributed by atoms with E-state index < -0.39 is 23.6 Å². The summed E-state index contributed by atoms with van der Waals surface area (Å²) in [5.41, 5.74) is 0.862. The molecule has 0 atom stereocenters. The molecule has 0 fully saturated rings. The smallest absolute Gasteiger partial charge is 0.435 e. The highest BCUT2D eigenvalue weighted by molar-refractivity contribution is 6.05. The van der Waals surface area contributed by atoms with Crippen LogP contribution in [0.15, 0.2) is 40.8 Å². The molecule has 0 bridgehead atoms. The molecule has 0 saturated heterocycles. The lowest BCUT2D eigenvalue weighted by atomic mass is 9.95. The van der Waals surface area contributed by atoms with Crippen molar-refractivity contribution in [2.75, 3.05) is 5.32 Å². The van der Waals surface area contributed by atoms with Gasteiger partial charge in [0.05, 0.1) is 11.4 Å². The number of aromatic nitrogens is 3. The zero-order valence-corrected chi connectivity index (χ0v) is 17.5. The molecule has 1 N–H and O–H groups in total. The first-order valence-corrected chi connectivity index (χ1v) is 10.4. The predicted octanol–water partition coefficient (Wildman–Crippen LogP) is 5.61. The molecule has 1 amide bonds. The SMILES string of the molecule is Cc1nc2cc(F)c(NC(=O)c3cccc(-n4nc(C(F)(F)F)c5c4CCCC5)c3)cc2o1. The summed E-state index contributed by atoms with van der Waals surface area (Å²) >= 11 is 0. The fourth-order valence-corrected chi connectivity index (χ4v) is 4.17. The highest BCUT2D eigenvalue weighted by Gasteiger charge is 2.39. The van der Waals surface area contributed by atoms with Crippen LogP contribution in [0.1, 0.15) is 46.0 Å². The fraction of sp³-hybridized carbons (Fsp3) is 0.261. The highest BCUT2D eigenvalue weighted by Crippen LogP contribution is 2.37. The summed E-state index contributed by atoms with van der Waals surface area (Å²) in [4.78, 5) is 16.9. The molecular formula is C23H18F4N4O2. The molecule has 4 aromatic rings. The molecule has 1 aliphatic carbocycles. The largest absolute Gasteiger partial charge is 0.441 e. The highest BCUT2D eigenvalue weighted by atomic mass is 19.4. The number of benzene rings is 2. The summed E-state index contributed by atoms with van der Waals surface area (Å²) in [6.07, 6.45) is -2.34. The topological polar surface area (TPSA) is 73.0 Å². The summed E-state index contributed by atoms with van der Waals surface area (Å²) in [6, 6.07) is 8.57. The first-order valence-electron chi connectivity index (χ1n) is 10.4. The van der Waals surface area contributed by atoms with E-state index in [1.807, 2.05) is 0 Å². The average Bonchev–Trinajstić information content (AvgIpc) is 3.33. The normalized spacial score (nSPS) is 13.8. The second-order valence-corrected chi connectivity index (χ2v) is 7.93. The zero-order valence-electron chi connectivity index (χ0n) is 17.5.